The number of ether oxygens (including phenoxy) is 1. The number of benzene rings is 2. The zero-order valence-corrected chi connectivity index (χ0v) is 25.3. The first-order valence-electron chi connectivity index (χ1n) is 14.2. The van der Waals surface area contributed by atoms with E-state index in [1.54, 1.807) is 18.3 Å². The summed E-state index contributed by atoms with van der Waals surface area (Å²) in [6, 6.07) is 13.9. The second-order valence-corrected chi connectivity index (χ2v) is 11.5. The Bertz CT molecular complexity index is 1630. The van der Waals surface area contributed by atoms with Crippen molar-refractivity contribution < 1.29 is 17.9 Å². The molecule has 0 radical (unpaired) electrons. The molecule has 0 amide bonds. The quantitative estimate of drug-likeness (QED) is 0.0586. The molecule has 0 unspecified atom stereocenters. The zero-order chi connectivity index (χ0) is 31.9. The van der Waals surface area contributed by atoms with Crippen molar-refractivity contribution in [3.63, 3.8) is 0 Å². The number of alkyl halides is 3. The molecule has 2 heterocycles. The van der Waals surface area contributed by atoms with Gasteiger partial charge in [-0.2, -0.15) is 18.2 Å². The van der Waals surface area contributed by atoms with E-state index in [1.165, 1.54) is 16.7 Å². The van der Waals surface area contributed by atoms with Crippen molar-refractivity contribution in [1.29, 1.82) is 0 Å². The van der Waals surface area contributed by atoms with Crippen LogP contribution in [0.3, 0.4) is 0 Å². The van der Waals surface area contributed by atoms with Gasteiger partial charge in [-0.15, -0.1) is 0 Å². The van der Waals surface area contributed by atoms with Gasteiger partial charge in [-0.25, -0.2) is 4.79 Å². The van der Waals surface area contributed by atoms with Crippen LogP contribution in [0.5, 0.6) is 0 Å². The number of hydrogen-bond donors (Lipinski definition) is 5. The number of thioether (sulfide) groups is 1. The number of aromatic amines is 1. The standard InChI is InChI=1S/C30H37F3N8O2S/c1-3-23(34)17-43-16-19-11-21(13-25(12-19)44-30(31,32)33)26-14-22-15-41(29(42)40-27(22)39-26)24-7-5-20(6-8-24)18(2)37-9-4-10-38-28(35)36/h5-8,11-15,18,23,37H,3-4,9-10,16-17,34H2,1-2H3,(H4,35,36,38)(H,39,40,42)/t18-,23+/m0/s1. The van der Waals surface area contributed by atoms with Gasteiger partial charge < -0.3 is 32.2 Å². The number of guanidine groups is 1. The predicted octanol–water partition coefficient (Wildman–Crippen LogP) is 4.56. The molecular weight excluding hydrogens is 593 g/mol. The van der Waals surface area contributed by atoms with E-state index in [0.29, 0.717) is 46.7 Å². The van der Waals surface area contributed by atoms with Gasteiger partial charge in [0.25, 0.3) is 0 Å². The molecule has 0 fully saturated rings. The van der Waals surface area contributed by atoms with Crippen molar-refractivity contribution in [1.82, 2.24) is 19.9 Å². The number of nitrogens with one attached hydrogen (secondary N) is 2. The maximum atomic E-state index is 13.2. The van der Waals surface area contributed by atoms with Gasteiger partial charge in [0.2, 0.25) is 0 Å². The molecule has 4 rings (SSSR count). The summed E-state index contributed by atoms with van der Waals surface area (Å²) in [7, 11) is 0. The third-order valence-electron chi connectivity index (χ3n) is 6.90. The molecule has 0 aliphatic carbocycles. The van der Waals surface area contributed by atoms with E-state index in [1.807, 2.05) is 38.1 Å². The lowest BCUT2D eigenvalue weighted by atomic mass is 10.1. The Labute approximate surface area is 257 Å². The van der Waals surface area contributed by atoms with Crippen LogP contribution in [0.2, 0.25) is 0 Å². The van der Waals surface area contributed by atoms with Crippen molar-refractivity contribution >= 4 is 28.8 Å². The topological polar surface area (TPSA) is 162 Å². The summed E-state index contributed by atoms with van der Waals surface area (Å²) in [5.74, 6) is 0.0741. The Morgan fingerprint density at radius 3 is 2.61 bits per heavy atom. The number of hydrogen-bond acceptors (Lipinski definition) is 7. The van der Waals surface area contributed by atoms with E-state index < -0.39 is 11.2 Å². The largest absolute Gasteiger partial charge is 0.446 e. The van der Waals surface area contributed by atoms with Crippen LogP contribution in [-0.4, -0.2) is 51.7 Å². The Kier molecular flexibility index (Phi) is 11.1. The van der Waals surface area contributed by atoms with Crippen LogP contribution in [0.1, 0.15) is 43.9 Å². The van der Waals surface area contributed by atoms with Gasteiger partial charge >= 0.3 is 11.2 Å². The van der Waals surface area contributed by atoms with E-state index in [-0.39, 0.29) is 41.3 Å². The molecule has 44 heavy (non-hydrogen) atoms. The smallest absolute Gasteiger partial charge is 0.375 e. The van der Waals surface area contributed by atoms with E-state index in [9.17, 15) is 18.0 Å². The average Bonchev–Trinajstić information content (AvgIpc) is 3.38. The molecule has 2 atom stereocenters. The SMILES string of the molecule is CC[C@@H](N)COCc1cc(SC(F)(F)F)cc(-c2cc3cn(-c4ccc([C@H](C)NCCCN=C(N)N)cc4)c(=O)nc3[nH]2)c1. The van der Waals surface area contributed by atoms with Crippen LogP contribution in [0, 0.1) is 0 Å². The molecule has 0 saturated carbocycles. The van der Waals surface area contributed by atoms with Crippen LogP contribution < -0.4 is 28.2 Å². The van der Waals surface area contributed by atoms with Gasteiger partial charge in [0.15, 0.2) is 5.96 Å². The third-order valence-corrected chi connectivity index (χ3v) is 7.60. The Morgan fingerprint density at radius 2 is 1.93 bits per heavy atom. The van der Waals surface area contributed by atoms with Gasteiger partial charge in [-0.1, -0.05) is 19.1 Å². The molecular formula is C30H37F3N8O2S. The number of nitrogens with two attached hydrogens (primary N) is 3. The van der Waals surface area contributed by atoms with Crippen molar-refractivity contribution in [3.05, 3.63) is 76.3 Å². The number of H-pyrrole nitrogens is 1. The van der Waals surface area contributed by atoms with Crippen molar-refractivity contribution in [2.24, 2.45) is 22.2 Å². The molecule has 0 spiro atoms. The van der Waals surface area contributed by atoms with E-state index in [0.717, 1.165) is 24.9 Å². The van der Waals surface area contributed by atoms with Crippen LogP contribution >= 0.6 is 11.8 Å². The van der Waals surface area contributed by atoms with E-state index in [4.69, 9.17) is 21.9 Å². The lowest BCUT2D eigenvalue weighted by Crippen LogP contribution is -2.24. The molecule has 2 aromatic carbocycles. The fourth-order valence-electron chi connectivity index (χ4n) is 4.52. The van der Waals surface area contributed by atoms with Crippen LogP contribution in [-0.2, 0) is 11.3 Å². The molecule has 236 valence electrons. The summed E-state index contributed by atoms with van der Waals surface area (Å²) in [4.78, 5) is 24.2. The Morgan fingerprint density at radius 1 is 1.18 bits per heavy atom. The van der Waals surface area contributed by atoms with E-state index >= 15 is 0 Å². The van der Waals surface area contributed by atoms with Gasteiger partial charge in [-0.05, 0) is 91.2 Å². The van der Waals surface area contributed by atoms with Crippen molar-refractivity contribution in [2.75, 3.05) is 19.7 Å². The molecule has 0 saturated heterocycles. The molecule has 0 aliphatic heterocycles. The number of halogens is 3. The number of nitrogens with zero attached hydrogens (tertiary/aromatic N) is 3. The lowest BCUT2D eigenvalue weighted by molar-refractivity contribution is -0.0328. The summed E-state index contributed by atoms with van der Waals surface area (Å²) < 4.78 is 46.8. The highest BCUT2D eigenvalue weighted by Gasteiger charge is 2.29. The summed E-state index contributed by atoms with van der Waals surface area (Å²) >= 11 is -0.195. The monoisotopic (exact) mass is 630 g/mol. The van der Waals surface area contributed by atoms with Crippen LogP contribution in [0.25, 0.3) is 28.0 Å². The Balaban J connectivity index is 1.55. The number of rotatable bonds is 14. The first-order chi connectivity index (χ1) is 20.9. The molecule has 8 N–H and O–H groups in total. The van der Waals surface area contributed by atoms with Crippen LogP contribution in [0.15, 0.2) is 69.4 Å². The first kappa shape index (κ1) is 33.1. The average molecular weight is 631 g/mol. The van der Waals surface area contributed by atoms with Crippen LogP contribution in [0.4, 0.5) is 13.2 Å². The number of fused-ring (bicyclic) bond motifs is 1. The minimum atomic E-state index is -4.45. The highest BCUT2D eigenvalue weighted by molar-refractivity contribution is 8.00. The van der Waals surface area contributed by atoms with Gasteiger partial charge in [-0.3, -0.25) is 9.56 Å². The maximum absolute atomic E-state index is 13.2. The fraction of sp³-hybridized carbons (Fsp3) is 0.367. The lowest BCUT2D eigenvalue weighted by Gasteiger charge is -2.15. The second-order valence-electron chi connectivity index (χ2n) is 10.4. The zero-order valence-electron chi connectivity index (χ0n) is 24.5. The molecule has 10 nitrogen and oxygen atoms in total. The van der Waals surface area contributed by atoms with Crippen molar-refractivity contribution in [2.45, 2.75) is 55.8 Å². The second kappa shape index (κ2) is 14.8. The van der Waals surface area contributed by atoms with Crippen molar-refractivity contribution in [3.8, 4) is 16.9 Å². The highest BCUT2D eigenvalue weighted by atomic mass is 32.2. The van der Waals surface area contributed by atoms with Gasteiger partial charge in [0.1, 0.15) is 5.65 Å². The molecule has 0 bridgehead atoms. The maximum Gasteiger partial charge on any atom is 0.446 e. The molecule has 4 aromatic rings. The summed E-state index contributed by atoms with van der Waals surface area (Å²) in [6.45, 7) is 5.65. The summed E-state index contributed by atoms with van der Waals surface area (Å²) in [6.07, 6.45) is 3.17. The van der Waals surface area contributed by atoms with Gasteiger partial charge in [0, 0.05) is 40.8 Å². The predicted molar refractivity (Wildman–Crippen MR) is 169 cm³/mol. The highest BCUT2D eigenvalue weighted by Crippen LogP contribution is 2.39. The normalized spacial score (nSPS) is 13.2. The summed E-state index contributed by atoms with van der Waals surface area (Å²) in [5, 5.41) is 4.04. The van der Waals surface area contributed by atoms with Gasteiger partial charge in [0.05, 0.1) is 18.9 Å². The summed E-state index contributed by atoms with van der Waals surface area (Å²) in [5.41, 5.74) is 15.3. The number of aromatic nitrogens is 3. The Hall–Kier alpha value is -3.85. The molecule has 2 aromatic heterocycles. The minimum absolute atomic E-state index is 0.0251. The number of aliphatic imine (C=N–C) groups is 1. The minimum Gasteiger partial charge on any atom is -0.375 e. The molecule has 14 heteroatoms. The fourth-order valence-corrected chi connectivity index (χ4v) is 5.18. The molecule has 0 aliphatic rings. The third kappa shape index (κ3) is 9.32. The van der Waals surface area contributed by atoms with E-state index in [2.05, 4.69) is 20.3 Å². The first-order valence-corrected chi connectivity index (χ1v) is 15.0.